The highest BCUT2D eigenvalue weighted by Crippen LogP contribution is 2.30. The van der Waals surface area contributed by atoms with Gasteiger partial charge in [-0.05, 0) is 23.6 Å². The second-order valence-electron chi connectivity index (χ2n) is 3.94. The number of anilines is 1. The molecule has 99 valence electrons. The highest BCUT2D eigenvalue weighted by atomic mass is 32.2. The zero-order valence-corrected chi connectivity index (χ0v) is 10.7. The van der Waals surface area contributed by atoms with E-state index in [1.54, 1.807) is 6.07 Å². The van der Waals surface area contributed by atoms with E-state index in [1.165, 1.54) is 25.1 Å². The van der Waals surface area contributed by atoms with Crippen LogP contribution in [-0.2, 0) is 14.9 Å². The van der Waals surface area contributed by atoms with Crippen LogP contribution in [0.2, 0.25) is 0 Å². The van der Waals surface area contributed by atoms with Gasteiger partial charge in [-0.1, -0.05) is 6.07 Å². The number of amides is 1. The van der Waals surface area contributed by atoms with Crippen molar-refractivity contribution in [1.29, 1.82) is 0 Å². The van der Waals surface area contributed by atoms with Gasteiger partial charge in [-0.3, -0.25) is 9.35 Å². The number of rotatable bonds is 2. The molecule has 0 aromatic heterocycles. The van der Waals surface area contributed by atoms with E-state index >= 15 is 0 Å². The third kappa shape index (κ3) is 2.83. The molecular weight excluding hydrogens is 270 g/mol. The molecule has 3 N–H and O–H groups in total. The van der Waals surface area contributed by atoms with Crippen molar-refractivity contribution in [2.75, 3.05) is 5.32 Å². The Labute approximate surface area is 109 Å². The maximum Gasteiger partial charge on any atom is 0.295 e. The molecule has 2 rings (SSSR count). The molecule has 0 fully saturated rings. The topological polar surface area (TPSA) is 104 Å². The first-order valence-electron chi connectivity index (χ1n) is 5.21. The van der Waals surface area contributed by atoms with Crippen LogP contribution in [0.4, 0.5) is 5.69 Å². The quantitative estimate of drug-likeness (QED) is 0.724. The Bertz CT molecular complexity index is 767. The molecule has 0 unspecified atom stereocenters. The molecule has 2 aromatic rings. The second-order valence-corrected chi connectivity index (χ2v) is 5.33. The van der Waals surface area contributed by atoms with Gasteiger partial charge >= 0.3 is 0 Å². The van der Waals surface area contributed by atoms with E-state index in [0.717, 1.165) is 0 Å². The third-order valence-electron chi connectivity index (χ3n) is 2.43. The molecule has 1 radical (unpaired) electrons. The standard InChI is InChI=1S/C12H10NO5S/c1-7(14)13-9-3-2-8-4-10(19(16,17)18)6-12(15)11(8)5-9/h2-5,15H,1H3,(H,13,14)(H,16,17,18). The van der Waals surface area contributed by atoms with Crippen LogP contribution in [0.1, 0.15) is 6.92 Å². The summed E-state index contributed by atoms with van der Waals surface area (Å²) in [5.41, 5.74) is 0.461. The maximum atomic E-state index is 11.0. The van der Waals surface area contributed by atoms with Crippen molar-refractivity contribution in [1.82, 2.24) is 0 Å². The Balaban J connectivity index is 2.63. The van der Waals surface area contributed by atoms with E-state index in [2.05, 4.69) is 11.4 Å². The number of phenols is 1. The highest BCUT2D eigenvalue weighted by molar-refractivity contribution is 7.85. The SMILES string of the molecule is CC(=O)Nc1ccc2cc(S(=O)(=O)O)[c]c(O)c2c1. The molecule has 0 saturated carbocycles. The summed E-state index contributed by atoms with van der Waals surface area (Å²) >= 11 is 0. The number of fused-ring (bicyclic) bond motifs is 1. The Morgan fingerprint density at radius 1 is 1.32 bits per heavy atom. The van der Waals surface area contributed by atoms with Gasteiger partial charge in [0.25, 0.3) is 10.1 Å². The average molecular weight is 280 g/mol. The van der Waals surface area contributed by atoms with Gasteiger partial charge in [0.2, 0.25) is 5.91 Å². The van der Waals surface area contributed by atoms with E-state index in [0.29, 0.717) is 16.5 Å². The van der Waals surface area contributed by atoms with Gasteiger partial charge in [0.1, 0.15) is 10.6 Å². The van der Waals surface area contributed by atoms with Gasteiger partial charge in [-0.15, -0.1) is 0 Å². The summed E-state index contributed by atoms with van der Waals surface area (Å²) in [4.78, 5) is 10.4. The van der Waals surface area contributed by atoms with E-state index in [-0.39, 0.29) is 5.91 Å². The van der Waals surface area contributed by atoms with Crippen LogP contribution in [0.25, 0.3) is 10.8 Å². The van der Waals surface area contributed by atoms with Crippen LogP contribution in [-0.4, -0.2) is 24.0 Å². The smallest absolute Gasteiger partial charge is 0.295 e. The van der Waals surface area contributed by atoms with Crippen LogP contribution < -0.4 is 5.32 Å². The fourth-order valence-electron chi connectivity index (χ4n) is 1.67. The number of carbonyl (C=O) groups is 1. The van der Waals surface area contributed by atoms with Gasteiger partial charge in [-0.25, -0.2) is 0 Å². The van der Waals surface area contributed by atoms with Gasteiger partial charge in [0, 0.05) is 18.0 Å². The lowest BCUT2D eigenvalue weighted by atomic mass is 10.1. The van der Waals surface area contributed by atoms with E-state index in [9.17, 15) is 18.3 Å². The fourth-order valence-corrected chi connectivity index (χ4v) is 2.17. The Morgan fingerprint density at radius 3 is 2.58 bits per heavy atom. The summed E-state index contributed by atoms with van der Waals surface area (Å²) in [6.07, 6.45) is 0. The Hall–Kier alpha value is -2.12. The molecule has 0 bridgehead atoms. The molecule has 0 aliphatic carbocycles. The summed E-state index contributed by atoms with van der Waals surface area (Å²) in [6.45, 7) is 1.34. The summed E-state index contributed by atoms with van der Waals surface area (Å²) in [5, 5.41) is 13.0. The lowest BCUT2D eigenvalue weighted by Gasteiger charge is -2.07. The number of aromatic hydroxyl groups is 1. The molecule has 0 saturated heterocycles. The predicted octanol–water partition coefficient (Wildman–Crippen LogP) is 1.55. The molecule has 19 heavy (non-hydrogen) atoms. The first-order valence-corrected chi connectivity index (χ1v) is 6.65. The number of hydrogen-bond donors (Lipinski definition) is 3. The molecule has 6 nitrogen and oxygen atoms in total. The predicted molar refractivity (Wildman–Crippen MR) is 68.6 cm³/mol. The summed E-state index contributed by atoms with van der Waals surface area (Å²) in [6, 6.07) is 7.91. The van der Waals surface area contributed by atoms with E-state index in [1.807, 2.05) is 0 Å². The third-order valence-corrected chi connectivity index (χ3v) is 3.21. The Morgan fingerprint density at radius 2 is 2.00 bits per heavy atom. The Kier molecular flexibility index (Phi) is 3.17. The van der Waals surface area contributed by atoms with Crippen molar-refractivity contribution in [3.05, 3.63) is 30.3 Å². The summed E-state index contributed by atoms with van der Waals surface area (Å²) in [7, 11) is -4.43. The fraction of sp³-hybridized carbons (Fsp3) is 0.0833. The molecule has 1 amide bonds. The number of phenolic OH excluding ortho intramolecular Hbond substituents is 1. The van der Waals surface area contributed by atoms with Crippen LogP contribution in [0.5, 0.6) is 5.75 Å². The minimum atomic E-state index is -4.43. The first-order chi connectivity index (χ1) is 8.77. The molecule has 0 heterocycles. The summed E-state index contributed by atoms with van der Waals surface area (Å²) in [5.74, 6) is -0.685. The summed E-state index contributed by atoms with van der Waals surface area (Å²) < 4.78 is 30.9. The molecule has 2 aromatic carbocycles. The van der Waals surface area contributed by atoms with Crippen molar-refractivity contribution in [3.63, 3.8) is 0 Å². The average Bonchev–Trinajstić information content (AvgIpc) is 2.27. The van der Waals surface area contributed by atoms with Crippen LogP contribution in [0, 0.1) is 6.07 Å². The lowest BCUT2D eigenvalue weighted by Crippen LogP contribution is -2.05. The van der Waals surface area contributed by atoms with Gasteiger partial charge in [0.05, 0.1) is 6.07 Å². The van der Waals surface area contributed by atoms with Gasteiger partial charge < -0.3 is 10.4 Å². The number of benzene rings is 2. The molecule has 0 aliphatic heterocycles. The minimum Gasteiger partial charge on any atom is -0.507 e. The van der Waals surface area contributed by atoms with Crippen LogP contribution in [0.3, 0.4) is 0 Å². The zero-order chi connectivity index (χ0) is 14.2. The van der Waals surface area contributed by atoms with Crippen LogP contribution >= 0.6 is 0 Å². The zero-order valence-electron chi connectivity index (χ0n) is 9.84. The molecule has 0 atom stereocenters. The minimum absolute atomic E-state index is 0.266. The molecular formula is C12H10NO5S. The molecule has 7 heteroatoms. The first kappa shape index (κ1) is 13.3. The second kappa shape index (κ2) is 4.52. The molecule has 0 spiro atoms. The van der Waals surface area contributed by atoms with Gasteiger partial charge in [0.15, 0.2) is 0 Å². The van der Waals surface area contributed by atoms with Gasteiger partial charge in [-0.2, -0.15) is 8.42 Å². The van der Waals surface area contributed by atoms with Crippen molar-refractivity contribution in [2.45, 2.75) is 11.8 Å². The monoisotopic (exact) mass is 280 g/mol. The maximum absolute atomic E-state index is 11.0. The van der Waals surface area contributed by atoms with Crippen molar-refractivity contribution in [3.8, 4) is 5.75 Å². The van der Waals surface area contributed by atoms with Crippen molar-refractivity contribution < 1.29 is 22.9 Å². The van der Waals surface area contributed by atoms with E-state index in [4.69, 9.17) is 4.55 Å². The molecule has 0 aliphatic rings. The number of nitrogens with one attached hydrogen (secondary N) is 1. The van der Waals surface area contributed by atoms with E-state index < -0.39 is 20.8 Å². The normalized spacial score (nSPS) is 11.5. The van der Waals surface area contributed by atoms with Crippen molar-refractivity contribution >= 4 is 32.5 Å². The number of hydrogen-bond acceptors (Lipinski definition) is 4. The van der Waals surface area contributed by atoms with Crippen molar-refractivity contribution in [2.24, 2.45) is 0 Å². The lowest BCUT2D eigenvalue weighted by molar-refractivity contribution is -0.114. The highest BCUT2D eigenvalue weighted by Gasteiger charge is 2.14. The number of carbonyl (C=O) groups excluding carboxylic acids is 1. The van der Waals surface area contributed by atoms with Crippen LogP contribution in [0.15, 0.2) is 29.2 Å². The largest absolute Gasteiger partial charge is 0.507 e.